The van der Waals surface area contributed by atoms with Crippen LogP contribution in [0, 0.1) is 0 Å². The normalized spacial score (nSPS) is 12.0. The Bertz CT molecular complexity index is 483. The Kier molecular flexibility index (Phi) is 7.62. The molecular weight excluding hydrogens is 290 g/mol. The zero-order valence-electron chi connectivity index (χ0n) is 12.6. The van der Waals surface area contributed by atoms with Gasteiger partial charge >= 0.3 is 0 Å². The molecule has 0 aliphatic carbocycles. The number of hydrogen-bond donors (Lipinski definition) is 0. The first-order valence-electron chi connectivity index (χ1n) is 6.97. The number of thioether (sulfide) groups is 1. The predicted molar refractivity (Wildman–Crippen MR) is 88.4 cm³/mol. The molecule has 1 aromatic rings. The van der Waals surface area contributed by atoms with Crippen LogP contribution in [-0.2, 0) is 16.3 Å². The van der Waals surface area contributed by atoms with Crippen LogP contribution < -0.4 is 0 Å². The third-order valence-corrected chi connectivity index (χ3v) is 5.16. The first-order chi connectivity index (χ1) is 9.47. The SMILES string of the molecule is CCN(CCCSC)CCc1ccc(S(C)(=O)=O)cc1. The summed E-state index contributed by atoms with van der Waals surface area (Å²) in [5, 5.41) is 0. The van der Waals surface area contributed by atoms with Crippen molar-refractivity contribution in [3.05, 3.63) is 29.8 Å². The summed E-state index contributed by atoms with van der Waals surface area (Å²) in [7, 11) is -3.08. The molecule has 0 N–H and O–H groups in total. The number of likely N-dealkylation sites (N-methyl/N-ethyl adjacent to an activating group) is 1. The van der Waals surface area contributed by atoms with E-state index in [0.29, 0.717) is 4.90 Å². The summed E-state index contributed by atoms with van der Waals surface area (Å²) in [5.41, 5.74) is 1.20. The lowest BCUT2D eigenvalue weighted by Crippen LogP contribution is -2.27. The van der Waals surface area contributed by atoms with Crippen molar-refractivity contribution in [2.75, 3.05) is 37.9 Å². The maximum absolute atomic E-state index is 11.4. The van der Waals surface area contributed by atoms with Crippen LogP contribution in [0.4, 0.5) is 0 Å². The molecule has 5 heteroatoms. The van der Waals surface area contributed by atoms with E-state index >= 15 is 0 Å². The topological polar surface area (TPSA) is 37.4 Å². The van der Waals surface area contributed by atoms with Crippen LogP contribution in [0.15, 0.2) is 29.2 Å². The van der Waals surface area contributed by atoms with E-state index in [0.717, 1.165) is 26.1 Å². The van der Waals surface area contributed by atoms with Gasteiger partial charge in [-0.2, -0.15) is 11.8 Å². The van der Waals surface area contributed by atoms with Gasteiger partial charge in [-0.3, -0.25) is 0 Å². The quantitative estimate of drug-likeness (QED) is 0.657. The van der Waals surface area contributed by atoms with Crippen molar-refractivity contribution in [2.45, 2.75) is 24.7 Å². The molecule has 0 aliphatic heterocycles. The van der Waals surface area contributed by atoms with Gasteiger partial charge in [-0.05, 0) is 55.6 Å². The molecule has 0 atom stereocenters. The number of sulfone groups is 1. The molecule has 3 nitrogen and oxygen atoms in total. The molecule has 0 radical (unpaired) electrons. The molecule has 0 saturated carbocycles. The highest BCUT2D eigenvalue weighted by molar-refractivity contribution is 7.98. The Labute approximate surface area is 127 Å². The van der Waals surface area contributed by atoms with Gasteiger partial charge in [0.05, 0.1) is 4.90 Å². The van der Waals surface area contributed by atoms with Crippen LogP contribution in [0.1, 0.15) is 18.9 Å². The van der Waals surface area contributed by atoms with Gasteiger partial charge in [0.25, 0.3) is 0 Å². The Morgan fingerprint density at radius 2 is 1.80 bits per heavy atom. The number of rotatable bonds is 9. The fourth-order valence-electron chi connectivity index (χ4n) is 2.05. The molecule has 0 saturated heterocycles. The first-order valence-corrected chi connectivity index (χ1v) is 10.3. The van der Waals surface area contributed by atoms with E-state index in [-0.39, 0.29) is 0 Å². The van der Waals surface area contributed by atoms with Crippen LogP contribution in [0.25, 0.3) is 0 Å². The smallest absolute Gasteiger partial charge is 0.175 e. The number of benzene rings is 1. The summed E-state index contributed by atoms with van der Waals surface area (Å²) in [4.78, 5) is 2.84. The van der Waals surface area contributed by atoms with Gasteiger partial charge in [0.1, 0.15) is 0 Å². The van der Waals surface area contributed by atoms with Gasteiger partial charge < -0.3 is 4.90 Å². The van der Waals surface area contributed by atoms with E-state index in [1.807, 2.05) is 23.9 Å². The van der Waals surface area contributed by atoms with Gasteiger partial charge in [-0.25, -0.2) is 8.42 Å². The van der Waals surface area contributed by atoms with Crippen molar-refractivity contribution >= 4 is 21.6 Å². The van der Waals surface area contributed by atoms with E-state index in [1.54, 1.807) is 12.1 Å². The molecule has 0 aliphatic rings. The average Bonchev–Trinajstić information content (AvgIpc) is 2.42. The highest BCUT2D eigenvalue weighted by Crippen LogP contribution is 2.11. The van der Waals surface area contributed by atoms with E-state index < -0.39 is 9.84 Å². The van der Waals surface area contributed by atoms with Gasteiger partial charge in [0.2, 0.25) is 0 Å². The van der Waals surface area contributed by atoms with Crippen molar-refractivity contribution in [1.29, 1.82) is 0 Å². The standard InChI is InChI=1S/C15H25NO2S2/c1-4-16(11-5-13-19-2)12-10-14-6-8-15(9-7-14)20(3,17)18/h6-9H,4-5,10-13H2,1-3H3. The van der Waals surface area contributed by atoms with Crippen LogP contribution in [-0.4, -0.2) is 51.2 Å². The van der Waals surface area contributed by atoms with E-state index in [2.05, 4.69) is 18.1 Å². The molecule has 1 aromatic carbocycles. The van der Waals surface area contributed by atoms with Gasteiger partial charge in [-0.15, -0.1) is 0 Å². The molecule has 0 fully saturated rings. The Hall–Kier alpha value is -0.520. The monoisotopic (exact) mass is 315 g/mol. The second kappa shape index (κ2) is 8.70. The van der Waals surface area contributed by atoms with Crippen LogP contribution >= 0.6 is 11.8 Å². The molecular formula is C15H25NO2S2. The highest BCUT2D eigenvalue weighted by Gasteiger charge is 2.07. The number of nitrogens with zero attached hydrogens (tertiary/aromatic N) is 1. The summed E-state index contributed by atoms with van der Waals surface area (Å²) in [6.45, 7) is 5.42. The molecule has 0 heterocycles. The largest absolute Gasteiger partial charge is 0.303 e. The van der Waals surface area contributed by atoms with Crippen molar-refractivity contribution in [2.24, 2.45) is 0 Å². The van der Waals surface area contributed by atoms with Crippen molar-refractivity contribution in [3.63, 3.8) is 0 Å². The molecule has 114 valence electrons. The molecule has 0 spiro atoms. The minimum Gasteiger partial charge on any atom is -0.303 e. The number of hydrogen-bond acceptors (Lipinski definition) is 4. The van der Waals surface area contributed by atoms with Crippen LogP contribution in [0.2, 0.25) is 0 Å². The molecule has 1 rings (SSSR count). The Morgan fingerprint density at radius 3 is 2.30 bits per heavy atom. The summed E-state index contributed by atoms with van der Waals surface area (Å²) < 4.78 is 22.8. The molecule has 20 heavy (non-hydrogen) atoms. The summed E-state index contributed by atoms with van der Waals surface area (Å²) >= 11 is 1.89. The van der Waals surface area contributed by atoms with E-state index in [1.165, 1.54) is 24.0 Å². The summed E-state index contributed by atoms with van der Waals surface area (Å²) in [6, 6.07) is 7.25. The molecule has 0 bridgehead atoms. The highest BCUT2D eigenvalue weighted by atomic mass is 32.2. The van der Waals surface area contributed by atoms with E-state index in [4.69, 9.17) is 0 Å². The second-order valence-corrected chi connectivity index (χ2v) is 7.95. The second-order valence-electron chi connectivity index (χ2n) is 4.95. The molecule has 0 aromatic heterocycles. The maximum atomic E-state index is 11.4. The van der Waals surface area contributed by atoms with Gasteiger partial charge in [-0.1, -0.05) is 19.1 Å². The summed E-state index contributed by atoms with van der Waals surface area (Å²) in [6.07, 6.45) is 5.57. The lowest BCUT2D eigenvalue weighted by atomic mass is 10.1. The lowest BCUT2D eigenvalue weighted by molar-refractivity contribution is 0.293. The lowest BCUT2D eigenvalue weighted by Gasteiger charge is -2.20. The minimum atomic E-state index is -3.08. The van der Waals surface area contributed by atoms with Crippen molar-refractivity contribution < 1.29 is 8.42 Å². The third-order valence-electron chi connectivity index (χ3n) is 3.34. The Morgan fingerprint density at radius 1 is 1.15 bits per heavy atom. The molecule has 0 unspecified atom stereocenters. The van der Waals surface area contributed by atoms with Crippen molar-refractivity contribution in [3.8, 4) is 0 Å². The van der Waals surface area contributed by atoms with Crippen LogP contribution in [0.5, 0.6) is 0 Å². The minimum absolute atomic E-state index is 0.397. The fraction of sp³-hybridized carbons (Fsp3) is 0.600. The Balaban J connectivity index is 2.48. The fourth-order valence-corrected chi connectivity index (χ4v) is 3.10. The van der Waals surface area contributed by atoms with Gasteiger partial charge in [0.15, 0.2) is 9.84 Å². The van der Waals surface area contributed by atoms with Crippen LogP contribution in [0.3, 0.4) is 0 Å². The zero-order chi connectivity index (χ0) is 15.0. The summed E-state index contributed by atoms with van der Waals surface area (Å²) in [5.74, 6) is 1.21. The van der Waals surface area contributed by atoms with Crippen molar-refractivity contribution in [1.82, 2.24) is 4.90 Å². The maximum Gasteiger partial charge on any atom is 0.175 e. The third kappa shape index (κ3) is 6.29. The zero-order valence-corrected chi connectivity index (χ0v) is 14.3. The molecule has 0 amide bonds. The van der Waals surface area contributed by atoms with E-state index in [9.17, 15) is 8.42 Å². The first kappa shape index (κ1) is 17.5. The average molecular weight is 316 g/mol. The van der Waals surface area contributed by atoms with Gasteiger partial charge in [0, 0.05) is 12.8 Å². The predicted octanol–water partition coefficient (Wildman–Crippen LogP) is 2.71.